The van der Waals surface area contributed by atoms with Gasteiger partial charge in [-0.15, -0.1) is 0 Å². The highest BCUT2D eigenvalue weighted by atomic mass is 16.5. The molecule has 0 spiro atoms. The number of benzene rings is 3. The monoisotopic (exact) mass is 524 g/mol. The summed E-state index contributed by atoms with van der Waals surface area (Å²) in [5.41, 5.74) is 4.09. The molecule has 0 bridgehead atoms. The molecule has 0 saturated carbocycles. The SMILES string of the molecule is COc1cccc(C(=O)N(CC(=O)Nc2nc(-c3ccccc3)cn2-c2cccc(C)c2)C[C@@H]2CCCO2)c1. The average molecular weight is 525 g/mol. The second kappa shape index (κ2) is 12.0. The predicted octanol–water partition coefficient (Wildman–Crippen LogP) is 5.12. The summed E-state index contributed by atoms with van der Waals surface area (Å²) in [6.07, 6.45) is 3.59. The van der Waals surface area contributed by atoms with E-state index < -0.39 is 0 Å². The van der Waals surface area contributed by atoms with Gasteiger partial charge in [-0.05, 0) is 55.7 Å². The maximum atomic E-state index is 13.5. The Kier molecular flexibility index (Phi) is 8.03. The summed E-state index contributed by atoms with van der Waals surface area (Å²) >= 11 is 0. The molecule has 1 saturated heterocycles. The first-order valence-electron chi connectivity index (χ1n) is 13.1. The number of carbonyl (C=O) groups excluding carboxylic acids is 2. The smallest absolute Gasteiger partial charge is 0.254 e. The highest BCUT2D eigenvalue weighted by Crippen LogP contribution is 2.25. The molecule has 1 fully saturated rings. The van der Waals surface area contributed by atoms with Gasteiger partial charge in [0.15, 0.2) is 0 Å². The molecule has 1 aliphatic heterocycles. The lowest BCUT2D eigenvalue weighted by Crippen LogP contribution is -2.42. The van der Waals surface area contributed by atoms with Crippen molar-refractivity contribution < 1.29 is 19.1 Å². The number of imidazole rings is 1. The number of hydrogen-bond donors (Lipinski definition) is 1. The molecule has 2 heterocycles. The van der Waals surface area contributed by atoms with Gasteiger partial charge in [0, 0.05) is 36.2 Å². The zero-order chi connectivity index (χ0) is 27.2. The quantitative estimate of drug-likeness (QED) is 0.329. The van der Waals surface area contributed by atoms with E-state index in [1.54, 1.807) is 31.4 Å². The van der Waals surface area contributed by atoms with Crippen molar-refractivity contribution >= 4 is 17.8 Å². The van der Waals surface area contributed by atoms with Gasteiger partial charge < -0.3 is 14.4 Å². The van der Waals surface area contributed by atoms with Crippen LogP contribution in [-0.2, 0) is 9.53 Å². The lowest BCUT2D eigenvalue weighted by molar-refractivity contribution is -0.117. The Bertz CT molecular complexity index is 1440. The number of ether oxygens (including phenoxy) is 2. The van der Waals surface area contributed by atoms with Gasteiger partial charge in [-0.2, -0.15) is 0 Å². The maximum Gasteiger partial charge on any atom is 0.254 e. The molecule has 8 nitrogen and oxygen atoms in total. The molecule has 39 heavy (non-hydrogen) atoms. The fraction of sp³-hybridized carbons (Fsp3) is 0.258. The van der Waals surface area contributed by atoms with E-state index in [0.29, 0.717) is 30.4 Å². The fourth-order valence-electron chi connectivity index (χ4n) is 4.72. The zero-order valence-electron chi connectivity index (χ0n) is 22.2. The molecule has 0 radical (unpaired) electrons. The minimum atomic E-state index is -0.344. The van der Waals surface area contributed by atoms with Gasteiger partial charge in [0.25, 0.3) is 5.91 Å². The normalized spacial score (nSPS) is 14.7. The number of aryl methyl sites for hydroxylation is 1. The Morgan fingerprint density at radius 3 is 2.64 bits per heavy atom. The molecule has 1 aliphatic rings. The summed E-state index contributed by atoms with van der Waals surface area (Å²) in [5, 5.41) is 2.96. The van der Waals surface area contributed by atoms with Crippen LogP contribution >= 0.6 is 0 Å². The number of rotatable bonds is 9. The lowest BCUT2D eigenvalue weighted by Gasteiger charge is -2.25. The van der Waals surface area contributed by atoms with Crippen molar-refractivity contribution in [1.82, 2.24) is 14.5 Å². The predicted molar refractivity (Wildman–Crippen MR) is 150 cm³/mol. The van der Waals surface area contributed by atoms with Crippen molar-refractivity contribution in [2.24, 2.45) is 0 Å². The van der Waals surface area contributed by atoms with Gasteiger partial charge in [-0.1, -0.05) is 48.5 Å². The second-order valence-corrected chi connectivity index (χ2v) is 9.63. The third-order valence-electron chi connectivity index (χ3n) is 6.69. The van der Waals surface area contributed by atoms with E-state index >= 15 is 0 Å². The van der Waals surface area contributed by atoms with E-state index in [0.717, 1.165) is 35.3 Å². The maximum absolute atomic E-state index is 13.5. The Morgan fingerprint density at radius 1 is 1.08 bits per heavy atom. The first kappa shape index (κ1) is 26.2. The second-order valence-electron chi connectivity index (χ2n) is 9.63. The van der Waals surface area contributed by atoms with E-state index in [2.05, 4.69) is 5.32 Å². The molecular formula is C31H32N4O4. The largest absolute Gasteiger partial charge is 0.497 e. The van der Waals surface area contributed by atoms with Crippen molar-refractivity contribution in [2.75, 3.05) is 32.1 Å². The van der Waals surface area contributed by atoms with Gasteiger partial charge in [0.2, 0.25) is 11.9 Å². The standard InChI is InChI=1S/C31H32N4O4/c1-22-9-6-13-25(17-22)35-20-28(23-10-4-3-5-11-23)32-31(35)33-29(36)21-34(19-27-15-8-16-39-27)30(37)24-12-7-14-26(18-24)38-2/h3-7,9-14,17-18,20,27H,8,15-16,19,21H2,1-2H3,(H,32,33,36)/t27-/m0/s1. The Hall–Kier alpha value is -4.43. The van der Waals surface area contributed by atoms with Crippen LogP contribution in [0.3, 0.4) is 0 Å². The Labute approximate surface area is 228 Å². The number of methoxy groups -OCH3 is 1. The third-order valence-corrected chi connectivity index (χ3v) is 6.69. The van der Waals surface area contributed by atoms with Crippen LogP contribution in [0.4, 0.5) is 5.95 Å². The van der Waals surface area contributed by atoms with Crippen LogP contribution in [0.2, 0.25) is 0 Å². The van der Waals surface area contributed by atoms with E-state index in [9.17, 15) is 9.59 Å². The summed E-state index contributed by atoms with van der Waals surface area (Å²) in [5.74, 6) is 0.362. The van der Waals surface area contributed by atoms with E-state index in [4.69, 9.17) is 14.5 Å². The van der Waals surface area contributed by atoms with E-state index in [1.807, 2.05) is 72.3 Å². The molecule has 8 heteroatoms. The van der Waals surface area contributed by atoms with Gasteiger partial charge in [-0.3, -0.25) is 19.5 Å². The topological polar surface area (TPSA) is 85.7 Å². The van der Waals surface area contributed by atoms with Crippen molar-refractivity contribution in [1.29, 1.82) is 0 Å². The van der Waals surface area contributed by atoms with Crippen molar-refractivity contribution in [3.63, 3.8) is 0 Å². The summed E-state index contributed by atoms with van der Waals surface area (Å²) < 4.78 is 12.9. The van der Waals surface area contributed by atoms with Gasteiger partial charge >= 0.3 is 0 Å². The molecule has 4 aromatic rings. The highest BCUT2D eigenvalue weighted by Gasteiger charge is 2.26. The number of carbonyl (C=O) groups is 2. The molecule has 1 N–H and O–H groups in total. The number of anilines is 1. The third kappa shape index (κ3) is 6.35. The number of nitrogens with one attached hydrogen (secondary N) is 1. The zero-order valence-corrected chi connectivity index (χ0v) is 22.2. The number of aromatic nitrogens is 2. The molecule has 2 amide bonds. The summed E-state index contributed by atoms with van der Waals surface area (Å²) in [4.78, 5) is 33.2. The van der Waals surface area contributed by atoms with Crippen molar-refractivity contribution in [2.45, 2.75) is 25.9 Å². The minimum Gasteiger partial charge on any atom is -0.497 e. The van der Waals surface area contributed by atoms with Crippen LogP contribution in [0.15, 0.2) is 85.1 Å². The van der Waals surface area contributed by atoms with Gasteiger partial charge in [0.05, 0.1) is 18.9 Å². The number of amides is 2. The van der Waals surface area contributed by atoms with Crippen LogP contribution in [-0.4, -0.2) is 59.2 Å². The van der Waals surface area contributed by atoms with Crippen LogP contribution in [0.1, 0.15) is 28.8 Å². The summed E-state index contributed by atoms with van der Waals surface area (Å²) in [6, 6.07) is 24.7. The highest BCUT2D eigenvalue weighted by molar-refractivity contribution is 5.99. The molecular weight excluding hydrogens is 492 g/mol. The van der Waals surface area contributed by atoms with E-state index in [-0.39, 0.29) is 24.5 Å². The van der Waals surface area contributed by atoms with Crippen LogP contribution < -0.4 is 10.1 Å². The molecule has 0 unspecified atom stereocenters. The lowest BCUT2D eigenvalue weighted by atomic mass is 10.1. The molecule has 1 atom stereocenters. The molecule has 1 aromatic heterocycles. The number of hydrogen-bond acceptors (Lipinski definition) is 5. The average Bonchev–Trinajstić information content (AvgIpc) is 3.63. The first-order chi connectivity index (χ1) is 19.0. The van der Waals surface area contributed by atoms with E-state index in [1.165, 1.54) is 4.90 Å². The molecule has 200 valence electrons. The summed E-state index contributed by atoms with van der Waals surface area (Å²) in [7, 11) is 1.56. The minimum absolute atomic E-state index is 0.105. The Morgan fingerprint density at radius 2 is 1.90 bits per heavy atom. The number of nitrogens with zero attached hydrogens (tertiary/aromatic N) is 3. The fourth-order valence-corrected chi connectivity index (χ4v) is 4.72. The van der Waals surface area contributed by atoms with Crippen molar-refractivity contribution in [3.05, 3.63) is 96.2 Å². The molecule has 0 aliphatic carbocycles. The van der Waals surface area contributed by atoms with Crippen LogP contribution in [0, 0.1) is 6.92 Å². The van der Waals surface area contributed by atoms with Crippen LogP contribution in [0.5, 0.6) is 5.75 Å². The van der Waals surface area contributed by atoms with Gasteiger partial charge in [-0.25, -0.2) is 4.98 Å². The first-order valence-corrected chi connectivity index (χ1v) is 13.1. The summed E-state index contributed by atoms with van der Waals surface area (Å²) in [6.45, 7) is 2.86. The molecule has 5 rings (SSSR count). The molecule has 3 aromatic carbocycles. The van der Waals surface area contributed by atoms with Crippen LogP contribution in [0.25, 0.3) is 16.9 Å². The van der Waals surface area contributed by atoms with Gasteiger partial charge in [0.1, 0.15) is 12.3 Å². The Balaban J connectivity index is 1.41. The van der Waals surface area contributed by atoms with Crippen molar-refractivity contribution in [3.8, 4) is 22.7 Å².